The molecule has 2 fully saturated rings. The molecule has 1 aliphatic carbocycles. The number of nitrogens with two attached hydrogens (primary N) is 1. The Labute approximate surface area is 231 Å². The molecule has 10 heteroatoms. The summed E-state index contributed by atoms with van der Waals surface area (Å²) in [6.07, 6.45) is 9.77. The molecule has 39 heavy (non-hydrogen) atoms. The van der Waals surface area contributed by atoms with Gasteiger partial charge in [-0.05, 0) is 62.6 Å². The number of aromatic nitrogens is 2. The van der Waals surface area contributed by atoms with E-state index < -0.39 is 29.7 Å². The van der Waals surface area contributed by atoms with Crippen LogP contribution in [0.5, 0.6) is 5.75 Å². The van der Waals surface area contributed by atoms with Crippen molar-refractivity contribution < 1.29 is 23.9 Å². The summed E-state index contributed by atoms with van der Waals surface area (Å²) in [5.41, 5.74) is 5.77. The number of carbonyl (C=O) groups excluding carboxylic acids is 3. The Morgan fingerprint density at radius 2 is 1.97 bits per heavy atom. The Hall–Kier alpha value is -3.17. The van der Waals surface area contributed by atoms with Crippen LogP contribution in [0.4, 0.5) is 4.79 Å². The molecule has 1 aromatic rings. The van der Waals surface area contributed by atoms with Crippen molar-refractivity contribution in [1.82, 2.24) is 20.2 Å². The summed E-state index contributed by atoms with van der Waals surface area (Å²) in [7, 11) is 0. The van der Waals surface area contributed by atoms with E-state index >= 15 is 0 Å². The van der Waals surface area contributed by atoms with Gasteiger partial charge in [-0.1, -0.05) is 40.5 Å². The maximum Gasteiger partial charge on any atom is 0.408 e. The highest BCUT2D eigenvalue weighted by Crippen LogP contribution is 2.39. The highest BCUT2D eigenvalue weighted by atomic mass is 16.6. The van der Waals surface area contributed by atoms with Gasteiger partial charge in [0.1, 0.15) is 18.2 Å². The summed E-state index contributed by atoms with van der Waals surface area (Å²) >= 11 is 0. The fourth-order valence-corrected chi connectivity index (χ4v) is 5.91. The van der Waals surface area contributed by atoms with Crippen molar-refractivity contribution in [3.8, 4) is 5.75 Å². The summed E-state index contributed by atoms with van der Waals surface area (Å²) in [5, 5.41) is 2.84. The molecular weight excluding hydrogens is 498 g/mol. The van der Waals surface area contributed by atoms with Crippen LogP contribution in [0.25, 0.3) is 6.08 Å². The number of nitrogens with one attached hydrogen (secondary N) is 1. The SMILES string of the molecule is CC[C@@H]1[C@@H]2CN(C(=O)[C@H](C(C)(C)C)NC(=O)O[C@@H]3C[C@H]3CCCCCc3nc(C=CN)ncc3O2)[C@@H]1C(C)=O. The van der Waals surface area contributed by atoms with E-state index in [4.69, 9.17) is 20.2 Å². The summed E-state index contributed by atoms with van der Waals surface area (Å²) in [6.45, 7) is 9.41. The van der Waals surface area contributed by atoms with Crippen molar-refractivity contribution in [3.05, 3.63) is 23.9 Å². The van der Waals surface area contributed by atoms with Crippen molar-refractivity contribution in [2.75, 3.05) is 6.54 Å². The first kappa shape index (κ1) is 28.8. The molecule has 0 aromatic carbocycles. The van der Waals surface area contributed by atoms with Crippen molar-refractivity contribution >= 4 is 23.9 Å². The Morgan fingerprint density at radius 1 is 1.21 bits per heavy atom. The number of alkyl carbamates (subject to hydrolysis) is 1. The molecule has 10 nitrogen and oxygen atoms in total. The van der Waals surface area contributed by atoms with Crippen LogP contribution in [0.15, 0.2) is 12.4 Å². The lowest BCUT2D eigenvalue weighted by Gasteiger charge is -2.35. The minimum atomic E-state index is -0.861. The number of hydrogen-bond donors (Lipinski definition) is 2. The number of aryl methyl sites for hydroxylation is 1. The van der Waals surface area contributed by atoms with Crippen molar-refractivity contribution in [2.24, 2.45) is 23.0 Å². The number of carbonyl (C=O) groups is 3. The van der Waals surface area contributed by atoms with Gasteiger partial charge in [-0.25, -0.2) is 14.8 Å². The number of rotatable bonds is 3. The molecule has 2 aliphatic heterocycles. The van der Waals surface area contributed by atoms with Crippen LogP contribution in [-0.4, -0.2) is 63.5 Å². The van der Waals surface area contributed by atoms with E-state index in [-0.39, 0.29) is 30.3 Å². The number of nitrogens with zero attached hydrogens (tertiary/aromatic N) is 3. The topological polar surface area (TPSA) is 137 Å². The highest BCUT2D eigenvalue weighted by molar-refractivity contribution is 5.92. The zero-order chi connectivity index (χ0) is 28.3. The van der Waals surface area contributed by atoms with Gasteiger partial charge < -0.3 is 25.4 Å². The molecule has 2 amide bonds. The van der Waals surface area contributed by atoms with E-state index in [9.17, 15) is 14.4 Å². The summed E-state index contributed by atoms with van der Waals surface area (Å²) in [6, 6.07) is -1.52. The van der Waals surface area contributed by atoms with Crippen molar-refractivity contribution in [1.29, 1.82) is 0 Å². The number of ketones is 1. The Morgan fingerprint density at radius 3 is 2.64 bits per heavy atom. The van der Waals surface area contributed by atoms with Gasteiger partial charge in [0.15, 0.2) is 17.4 Å². The van der Waals surface area contributed by atoms with Crippen molar-refractivity contribution in [2.45, 2.75) is 104 Å². The van der Waals surface area contributed by atoms with Crippen LogP contribution in [0.3, 0.4) is 0 Å². The second-order valence-electron chi connectivity index (χ2n) is 12.2. The van der Waals surface area contributed by atoms with E-state index in [2.05, 4.69) is 10.3 Å². The number of fused-ring (bicyclic) bond motifs is 4. The minimum Gasteiger partial charge on any atom is -0.485 e. The fourth-order valence-electron chi connectivity index (χ4n) is 5.91. The second kappa shape index (κ2) is 11.9. The first-order valence-electron chi connectivity index (χ1n) is 14.2. The molecule has 2 bridgehead atoms. The lowest BCUT2D eigenvalue weighted by Crippen LogP contribution is -2.57. The molecule has 1 saturated carbocycles. The number of Topliss-reactive ketones (excluding diaryl/α,β-unsaturated/α-hetero) is 1. The van der Waals surface area contributed by atoms with E-state index in [1.54, 1.807) is 17.2 Å². The fraction of sp³-hybridized carbons (Fsp3) is 0.690. The molecule has 214 valence electrons. The Bertz CT molecular complexity index is 1100. The van der Waals surface area contributed by atoms with E-state index in [0.717, 1.165) is 37.8 Å². The normalized spacial score (nSPS) is 30.3. The predicted octanol–water partition coefficient (Wildman–Crippen LogP) is 3.63. The van der Waals surface area contributed by atoms with Gasteiger partial charge in [-0.15, -0.1) is 0 Å². The van der Waals surface area contributed by atoms with Crippen LogP contribution < -0.4 is 15.8 Å². The van der Waals surface area contributed by atoms with Crippen LogP contribution in [0.1, 0.15) is 84.7 Å². The molecular formula is C29H43N5O5. The summed E-state index contributed by atoms with van der Waals surface area (Å²) in [5.74, 6) is 0.803. The van der Waals surface area contributed by atoms with Crippen LogP contribution in [0.2, 0.25) is 0 Å². The molecule has 0 radical (unpaired) electrons. The lowest BCUT2D eigenvalue weighted by molar-refractivity contribution is -0.141. The second-order valence-corrected chi connectivity index (χ2v) is 12.2. The largest absolute Gasteiger partial charge is 0.485 e. The summed E-state index contributed by atoms with van der Waals surface area (Å²) in [4.78, 5) is 50.5. The van der Waals surface area contributed by atoms with E-state index in [1.165, 1.54) is 13.1 Å². The first-order chi connectivity index (χ1) is 18.5. The third-order valence-electron chi connectivity index (χ3n) is 8.12. The summed E-state index contributed by atoms with van der Waals surface area (Å²) < 4.78 is 12.2. The monoisotopic (exact) mass is 541 g/mol. The zero-order valence-corrected chi connectivity index (χ0v) is 23.8. The Balaban J connectivity index is 1.69. The van der Waals surface area contributed by atoms with Gasteiger partial charge in [0.25, 0.3) is 0 Å². The molecule has 1 saturated heterocycles. The van der Waals surface area contributed by atoms with Crippen LogP contribution >= 0.6 is 0 Å². The van der Waals surface area contributed by atoms with Gasteiger partial charge in [0.05, 0.1) is 24.5 Å². The number of ether oxygens (including phenoxy) is 2. The average Bonchev–Trinajstić information content (AvgIpc) is 3.48. The van der Waals surface area contributed by atoms with Gasteiger partial charge in [-0.2, -0.15) is 0 Å². The zero-order valence-electron chi connectivity index (χ0n) is 23.8. The minimum absolute atomic E-state index is 0.108. The maximum atomic E-state index is 14.0. The average molecular weight is 542 g/mol. The van der Waals surface area contributed by atoms with Gasteiger partial charge in [0.2, 0.25) is 5.91 Å². The molecule has 6 atom stereocenters. The smallest absolute Gasteiger partial charge is 0.408 e. The standard InChI is InChI=1S/C29H43N5O5/c1-6-19-23-16-34(25(19)17(2)35)27(36)26(29(3,4)5)33-28(37)39-21-14-18(21)10-8-7-9-11-20-22(38-23)15-31-24(32-20)12-13-30/h12-13,15,18-19,21,23,25-26H,6-11,14,16,30H2,1-5H3,(H,33,37)/t18-,19-,21-,23+,25-,26-/m1/s1. The molecule has 3 N–H and O–H groups in total. The van der Waals surface area contributed by atoms with Gasteiger partial charge in [-0.3, -0.25) is 9.59 Å². The van der Waals surface area contributed by atoms with Gasteiger partial charge >= 0.3 is 6.09 Å². The van der Waals surface area contributed by atoms with Crippen LogP contribution in [0, 0.1) is 17.3 Å². The predicted molar refractivity (Wildman–Crippen MR) is 147 cm³/mol. The first-order valence-corrected chi connectivity index (χ1v) is 14.2. The Kier molecular flexibility index (Phi) is 8.81. The maximum absolute atomic E-state index is 14.0. The van der Waals surface area contributed by atoms with E-state index in [1.807, 2.05) is 27.7 Å². The van der Waals surface area contributed by atoms with Gasteiger partial charge in [0, 0.05) is 5.92 Å². The molecule has 4 rings (SSSR count). The number of hydrogen-bond acceptors (Lipinski definition) is 8. The molecule has 0 spiro atoms. The van der Waals surface area contributed by atoms with Crippen LogP contribution in [-0.2, 0) is 20.7 Å². The molecule has 0 unspecified atom stereocenters. The quantitative estimate of drug-likeness (QED) is 0.592. The molecule has 1 aromatic heterocycles. The number of amides is 2. The molecule has 3 aliphatic rings. The highest BCUT2D eigenvalue weighted by Gasteiger charge is 2.50. The third-order valence-corrected chi connectivity index (χ3v) is 8.12. The van der Waals surface area contributed by atoms with Crippen molar-refractivity contribution in [3.63, 3.8) is 0 Å². The molecule has 3 heterocycles. The lowest BCUT2D eigenvalue weighted by atomic mass is 9.85. The van der Waals surface area contributed by atoms with E-state index in [0.29, 0.717) is 30.3 Å². The third kappa shape index (κ3) is 6.70.